The number of piperidine rings is 2. The number of likely N-dealkylation sites (tertiary alicyclic amines) is 2. The average molecular weight is 456 g/mol. The quantitative estimate of drug-likeness (QED) is 0.571. The van der Waals surface area contributed by atoms with Crippen molar-refractivity contribution in [3.05, 3.63) is 54.6 Å². The minimum absolute atomic E-state index is 0.331. The number of nitrogens with one attached hydrogen (secondary N) is 1. The van der Waals surface area contributed by atoms with Gasteiger partial charge in [-0.25, -0.2) is 13.1 Å². The van der Waals surface area contributed by atoms with Gasteiger partial charge < -0.3 is 9.80 Å². The predicted molar refractivity (Wildman–Crippen MR) is 131 cm³/mol. The highest BCUT2D eigenvalue weighted by atomic mass is 32.2. The van der Waals surface area contributed by atoms with Gasteiger partial charge in [-0.3, -0.25) is 0 Å². The summed E-state index contributed by atoms with van der Waals surface area (Å²) in [5.74, 6) is 0. The second-order valence-corrected chi connectivity index (χ2v) is 10.9. The first-order valence-corrected chi connectivity index (χ1v) is 13.7. The van der Waals surface area contributed by atoms with Gasteiger partial charge in [-0.05, 0) is 94.5 Å². The van der Waals surface area contributed by atoms with Crippen LogP contribution in [-0.2, 0) is 10.0 Å². The molecule has 0 unspecified atom stereocenters. The smallest absolute Gasteiger partial charge is 0.240 e. The highest BCUT2D eigenvalue weighted by Crippen LogP contribution is 2.22. The van der Waals surface area contributed by atoms with E-state index in [0.29, 0.717) is 11.4 Å². The van der Waals surface area contributed by atoms with Crippen LogP contribution in [0.5, 0.6) is 0 Å². The van der Waals surface area contributed by atoms with Crippen LogP contribution in [0.3, 0.4) is 0 Å². The van der Waals surface area contributed by atoms with Crippen LogP contribution in [0.4, 0.5) is 0 Å². The molecule has 0 aromatic heterocycles. The fraction of sp³-hybridized carbons (Fsp3) is 0.538. The Kier molecular flexibility index (Phi) is 8.36. The summed E-state index contributed by atoms with van der Waals surface area (Å²) in [4.78, 5) is 5.59. The van der Waals surface area contributed by atoms with Crippen LogP contribution in [0.1, 0.15) is 44.9 Å². The molecule has 2 heterocycles. The van der Waals surface area contributed by atoms with Gasteiger partial charge in [0.15, 0.2) is 0 Å². The summed E-state index contributed by atoms with van der Waals surface area (Å²) in [5.41, 5.74) is 2.11. The van der Waals surface area contributed by atoms with E-state index < -0.39 is 10.0 Å². The minimum atomic E-state index is -3.45. The number of hydrogen-bond acceptors (Lipinski definition) is 4. The van der Waals surface area contributed by atoms with Gasteiger partial charge >= 0.3 is 0 Å². The van der Waals surface area contributed by atoms with Crippen molar-refractivity contribution in [3.8, 4) is 11.1 Å². The fourth-order valence-electron chi connectivity index (χ4n) is 5.00. The van der Waals surface area contributed by atoms with E-state index in [4.69, 9.17) is 0 Å². The molecule has 0 bridgehead atoms. The van der Waals surface area contributed by atoms with Crippen molar-refractivity contribution in [3.63, 3.8) is 0 Å². The van der Waals surface area contributed by atoms with Gasteiger partial charge in [0.05, 0.1) is 4.90 Å². The van der Waals surface area contributed by atoms with E-state index in [2.05, 4.69) is 14.5 Å². The number of nitrogens with zero attached hydrogens (tertiary/aromatic N) is 2. The molecule has 2 aromatic carbocycles. The van der Waals surface area contributed by atoms with Gasteiger partial charge in [-0.1, -0.05) is 48.9 Å². The highest BCUT2D eigenvalue weighted by Gasteiger charge is 2.25. The molecule has 5 nitrogen and oxygen atoms in total. The first-order valence-electron chi connectivity index (χ1n) is 12.2. The summed E-state index contributed by atoms with van der Waals surface area (Å²) in [6.45, 7) is 6.51. The summed E-state index contributed by atoms with van der Waals surface area (Å²) < 4.78 is 28.0. The zero-order valence-corrected chi connectivity index (χ0v) is 19.9. The van der Waals surface area contributed by atoms with Crippen molar-refractivity contribution >= 4 is 10.0 Å². The van der Waals surface area contributed by atoms with E-state index in [1.807, 2.05) is 42.5 Å². The van der Waals surface area contributed by atoms with E-state index >= 15 is 0 Å². The van der Waals surface area contributed by atoms with Crippen LogP contribution in [-0.4, -0.2) is 63.5 Å². The third kappa shape index (κ3) is 6.41. The lowest BCUT2D eigenvalue weighted by molar-refractivity contribution is 0.0919. The van der Waals surface area contributed by atoms with Gasteiger partial charge in [0.25, 0.3) is 0 Å². The van der Waals surface area contributed by atoms with E-state index in [1.54, 1.807) is 12.1 Å². The Balaban J connectivity index is 1.15. The van der Waals surface area contributed by atoms with Crippen LogP contribution in [0.2, 0.25) is 0 Å². The summed E-state index contributed by atoms with van der Waals surface area (Å²) in [6.07, 6.45) is 8.60. The third-order valence-electron chi connectivity index (χ3n) is 6.93. The summed E-state index contributed by atoms with van der Waals surface area (Å²) >= 11 is 0. The SMILES string of the molecule is O=S(=O)(NCCCCN1CCC(N2CCCCC2)CC1)c1ccc(-c2ccccc2)cc1. The molecule has 2 aliphatic heterocycles. The van der Waals surface area contributed by atoms with Crippen LogP contribution in [0, 0.1) is 0 Å². The zero-order valence-electron chi connectivity index (χ0n) is 19.1. The summed E-state index contributed by atoms with van der Waals surface area (Å²) in [7, 11) is -3.45. The molecule has 0 radical (unpaired) electrons. The average Bonchev–Trinajstić information content (AvgIpc) is 2.85. The molecular formula is C26H37N3O2S. The molecule has 0 aliphatic carbocycles. The van der Waals surface area contributed by atoms with Crippen molar-refractivity contribution in [2.75, 3.05) is 39.3 Å². The molecule has 4 rings (SSSR count). The molecule has 0 amide bonds. The maximum atomic E-state index is 12.6. The van der Waals surface area contributed by atoms with Crippen LogP contribution < -0.4 is 4.72 Å². The number of benzene rings is 2. The minimum Gasteiger partial charge on any atom is -0.303 e. The second-order valence-electron chi connectivity index (χ2n) is 9.16. The maximum Gasteiger partial charge on any atom is 0.240 e. The molecule has 1 N–H and O–H groups in total. The molecular weight excluding hydrogens is 418 g/mol. The van der Waals surface area contributed by atoms with E-state index in [9.17, 15) is 8.42 Å². The molecule has 2 fully saturated rings. The zero-order chi connectivity index (χ0) is 22.2. The Bertz CT molecular complexity index is 917. The Morgan fingerprint density at radius 1 is 0.781 bits per heavy atom. The lowest BCUT2D eigenvalue weighted by Gasteiger charge is -2.40. The van der Waals surface area contributed by atoms with Gasteiger partial charge in [0, 0.05) is 12.6 Å². The third-order valence-corrected chi connectivity index (χ3v) is 8.41. The van der Waals surface area contributed by atoms with Crippen molar-refractivity contribution < 1.29 is 8.42 Å². The van der Waals surface area contributed by atoms with E-state index in [-0.39, 0.29) is 0 Å². The Hall–Kier alpha value is -1.73. The Morgan fingerprint density at radius 2 is 1.44 bits per heavy atom. The standard InChI is InChI=1S/C26H37N3O2S/c30-32(31,26-13-11-24(12-14-26)23-9-3-1-4-10-23)27-17-5-8-18-28-21-15-25(16-22-28)29-19-6-2-7-20-29/h1,3-4,9-14,25,27H,2,5-8,15-22H2. The van der Waals surface area contributed by atoms with Crippen LogP contribution in [0.15, 0.2) is 59.5 Å². The number of hydrogen-bond donors (Lipinski definition) is 1. The van der Waals surface area contributed by atoms with Gasteiger partial charge in [0.1, 0.15) is 0 Å². The lowest BCUT2D eigenvalue weighted by atomic mass is 10.00. The first-order chi connectivity index (χ1) is 15.6. The topological polar surface area (TPSA) is 52.7 Å². The number of unbranched alkanes of at least 4 members (excludes halogenated alkanes) is 1. The summed E-state index contributed by atoms with van der Waals surface area (Å²) in [6, 6.07) is 17.9. The van der Waals surface area contributed by atoms with Crippen molar-refractivity contribution in [1.29, 1.82) is 0 Å². The van der Waals surface area contributed by atoms with Gasteiger partial charge in [-0.2, -0.15) is 0 Å². The van der Waals surface area contributed by atoms with Crippen LogP contribution in [0.25, 0.3) is 11.1 Å². The van der Waals surface area contributed by atoms with Gasteiger partial charge in [0.2, 0.25) is 10.0 Å². The lowest BCUT2D eigenvalue weighted by Crippen LogP contribution is -2.46. The molecule has 0 saturated carbocycles. The van der Waals surface area contributed by atoms with Gasteiger partial charge in [-0.15, -0.1) is 0 Å². The fourth-order valence-corrected chi connectivity index (χ4v) is 6.07. The van der Waals surface area contributed by atoms with Crippen molar-refractivity contribution in [2.45, 2.75) is 55.9 Å². The summed E-state index contributed by atoms with van der Waals surface area (Å²) in [5, 5.41) is 0. The number of sulfonamides is 1. The predicted octanol–water partition coefficient (Wildman–Crippen LogP) is 4.36. The molecule has 6 heteroatoms. The molecule has 32 heavy (non-hydrogen) atoms. The van der Waals surface area contributed by atoms with Crippen molar-refractivity contribution in [1.82, 2.24) is 14.5 Å². The normalized spacial score (nSPS) is 19.2. The van der Waals surface area contributed by atoms with Crippen molar-refractivity contribution in [2.24, 2.45) is 0 Å². The molecule has 0 atom stereocenters. The molecule has 2 aromatic rings. The molecule has 0 spiro atoms. The van der Waals surface area contributed by atoms with E-state index in [1.165, 1.54) is 58.3 Å². The second kappa shape index (κ2) is 11.4. The van der Waals surface area contributed by atoms with Crippen LogP contribution >= 0.6 is 0 Å². The number of rotatable bonds is 9. The monoisotopic (exact) mass is 455 g/mol. The van der Waals surface area contributed by atoms with E-state index in [0.717, 1.165) is 36.6 Å². The first kappa shape index (κ1) is 23.4. The maximum absolute atomic E-state index is 12.6. The largest absolute Gasteiger partial charge is 0.303 e. The Morgan fingerprint density at radius 3 is 2.12 bits per heavy atom. The molecule has 2 aliphatic rings. The highest BCUT2D eigenvalue weighted by molar-refractivity contribution is 7.89. The molecule has 2 saturated heterocycles. The molecule has 174 valence electrons. The Labute approximate surface area is 193 Å².